The van der Waals surface area contributed by atoms with Crippen molar-refractivity contribution in [2.45, 2.75) is 32.0 Å². The molecule has 0 radical (unpaired) electrons. The smallest absolute Gasteiger partial charge is 0.237 e. The topological polar surface area (TPSA) is 52.7 Å². The Hall–Kier alpha value is -2.73. The normalized spacial score (nSPS) is 19.8. The number of fused-ring (bicyclic) bond motifs is 1. The van der Waals surface area contributed by atoms with E-state index in [2.05, 4.69) is 11.4 Å². The molecule has 2 aliphatic rings. The Balaban J connectivity index is 1.46. The highest BCUT2D eigenvalue weighted by Gasteiger charge is 2.33. The average Bonchev–Trinajstić information content (AvgIpc) is 2.71. The quantitative estimate of drug-likeness (QED) is 0.883. The van der Waals surface area contributed by atoms with Crippen LogP contribution in [-0.2, 0) is 29.1 Å². The summed E-state index contributed by atoms with van der Waals surface area (Å²) < 4.78 is 14.1. The summed E-state index contributed by atoms with van der Waals surface area (Å²) in [6.45, 7) is 2.67. The largest absolute Gasteiger partial charge is 0.353 e. The molecule has 2 aromatic rings. The van der Waals surface area contributed by atoms with Crippen LogP contribution in [0, 0.1) is 5.82 Å². The number of piperazine rings is 1. The van der Waals surface area contributed by atoms with Gasteiger partial charge < -0.3 is 10.2 Å². The molecule has 0 aliphatic carbocycles. The third-order valence-electron chi connectivity index (χ3n) is 5.62. The van der Waals surface area contributed by atoms with Gasteiger partial charge in [-0.15, -0.1) is 0 Å². The first-order valence-corrected chi connectivity index (χ1v) is 9.71. The van der Waals surface area contributed by atoms with E-state index in [1.165, 1.54) is 17.2 Å². The number of hydrogen-bond donors (Lipinski definition) is 1. The molecule has 1 N–H and O–H groups in total. The molecule has 1 fully saturated rings. The molecule has 1 saturated heterocycles. The molecule has 2 aromatic carbocycles. The molecule has 0 unspecified atom stereocenters. The standard InChI is InChI=1S/C22H24FN3O2/c23-19-8-4-3-7-18(19)15-25-12-10-24-22(28)20(25)13-21(27)26-11-9-16-5-1-2-6-17(16)14-26/h1-8,20H,9-15H2,(H,24,28)/t20-/m1/s1. The molecule has 2 amide bonds. The molecule has 146 valence electrons. The van der Waals surface area contributed by atoms with Crippen molar-refractivity contribution >= 4 is 11.8 Å². The van der Waals surface area contributed by atoms with E-state index in [-0.39, 0.29) is 24.1 Å². The van der Waals surface area contributed by atoms with Crippen LogP contribution in [0.1, 0.15) is 23.1 Å². The van der Waals surface area contributed by atoms with Crippen LogP contribution < -0.4 is 5.32 Å². The lowest BCUT2D eigenvalue weighted by Gasteiger charge is -2.36. The fourth-order valence-corrected chi connectivity index (χ4v) is 4.02. The molecule has 1 atom stereocenters. The molecule has 2 aliphatic heterocycles. The van der Waals surface area contributed by atoms with Crippen LogP contribution in [0.2, 0.25) is 0 Å². The van der Waals surface area contributed by atoms with E-state index in [1.54, 1.807) is 18.2 Å². The molecule has 6 heteroatoms. The Morgan fingerprint density at radius 2 is 1.82 bits per heavy atom. The Morgan fingerprint density at radius 3 is 2.64 bits per heavy atom. The average molecular weight is 381 g/mol. The zero-order chi connectivity index (χ0) is 19.5. The molecular formula is C22H24FN3O2. The van der Waals surface area contributed by atoms with Gasteiger partial charge in [-0.25, -0.2) is 4.39 Å². The Bertz CT molecular complexity index is 886. The van der Waals surface area contributed by atoms with Gasteiger partial charge in [0, 0.05) is 38.3 Å². The second kappa shape index (κ2) is 8.10. The van der Waals surface area contributed by atoms with Gasteiger partial charge in [-0.05, 0) is 23.6 Å². The Labute approximate surface area is 164 Å². The number of rotatable bonds is 4. The van der Waals surface area contributed by atoms with Gasteiger partial charge in [0.2, 0.25) is 11.8 Å². The molecule has 4 rings (SSSR count). The highest BCUT2D eigenvalue weighted by molar-refractivity contribution is 5.89. The SMILES string of the molecule is O=C1NCCN(Cc2ccccc2F)[C@@H]1CC(=O)N1CCc2ccccc2C1. The van der Waals surface area contributed by atoms with Crippen LogP contribution in [0.4, 0.5) is 4.39 Å². The number of nitrogens with zero attached hydrogens (tertiary/aromatic N) is 2. The first kappa shape index (κ1) is 18.6. The lowest BCUT2D eigenvalue weighted by atomic mass is 9.99. The molecule has 2 heterocycles. The van der Waals surface area contributed by atoms with Crippen LogP contribution in [0.15, 0.2) is 48.5 Å². The van der Waals surface area contributed by atoms with Crippen molar-refractivity contribution in [2.75, 3.05) is 19.6 Å². The monoisotopic (exact) mass is 381 g/mol. The van der Waals surface area contributed by atoms with E-state index in [9.17, 15) is 14.0 Å². The third-order valence-corrected chi connectivity index (χ3v) is 5.62. The van der Waals surface area contributed by atoms with Gasteiger partial charge in [0.25, 0.3) is 0 Å². The number of amides is 2. The van der Waals surface area contributed by atoms with Gasteiger partial charge in [-0.1, -0.05) is 42.5 Å². The van der Waals surface area contributed by atoms with E-state index in [4.69, 9.17) is 0 Å². The molecule has 0 saturated carbocycles. The van der Waals surface area contributed by atoms with E-state index in [1.807, 2.05) is 28.0 Å². The van der Waals surface area contributed by atoms with Crippen LogP contribution in [-0.4, -0.2) is 47.3 Å². The van der Waals surface area contributed by atoms with Crippen molar-refractivity contribution in [3.05, 3.63) is 71.0 Å². The molecule has 28 heavy (non-hydrogen) atoms. The van der Waals surface area contributed by atoms with Crippen molar-refractivity contribution in [1.29, 1.82) is 0 Å². The fourth-order valence-electron chi connectivity index (χ4n) is 4.02. The predicted molar refractivity (Wildman–Crippen MR) is 104 cm³/mol. The molecule has 0 bridgehead atoms. The lowest BCUT2D eigenvalue weighted by molar-refractivity contribution is -0.139. The van der Waals surface area contributed by atoms with Crippen molar-refractivity contribution < 1.29 is 14.0 Å². The number of halogens is 1. The first-order valence-electron chi connectivity index (χ1n) is 9.71. The maximum Gasteiger partial charge on any atom is 0.237 e. The minimum absolute atomic E-state index is 0.0323. The van der Waals surface area contributed by atoms with Gasteiger partial charge in [0.15, 0.2) is 0 Å². The summed E-state index contributed by atoms with van der Waals surface area (Å²) in [4.78, 5) is 29.1. The molecule has 0 aromatic heterocycles. The first-order chi connectivity index (χ1) is 13.6. The second-order valence-electron chi connectivity index (χ2n) is 7.41. The highest BCUT2D eigenvalue weighted by atomic mass is 19.1. The van der Waals surface area contributed by atoms with E-state index < -0.39 is 6.04 Å². The van der Waals surface area contributed by atoms with Crippen molar-refractivity contribution in [1.82, 2.24) is 15.1 Å². The lowest BCUT2D eigenvalue weighted by Crippen LogP contribution is -2.56. The number of carbonyl (C=O) groups is 2. The van der Waals surface area contributed by atoms with Crippen LogP contribution in [0.3, 0.4) is 0 Å². The van der Waals surface area contributed by atoms with Gasteiger partial charge in [-0.2, -0.15) is 0 Å². The van der Waals surface area contributed by atoms with E-state index >= 15 is 0 Å². The highest BCUT2D eigenvalue weighted by Crippen LogP contribution is 2.21. The zero-order valence-electron chi connectivity index (χ0n) is 15.7. The van der Waals surface area contributed by atoms with Crippen LogP contribution in [0.25, 0.3) is 0 Å². The number of benzene rings is 2. The predicted octanol–water partition coefficient (Wildman–Crippen LogP) is 2.10. The second-order valence-corrected chi connectivity index (χ2v) is 7.41. The maximum atomic E-state index is 14.1. The summed E-state index contributed by atoms with van der Waals surface area (Å²) in [6, 6.07) is 14.2. The minimum Gasteiger partial charge on any atom is -0.353 e. The molecule has 0 spiro atoms. The van der Waals surface area contributed by atoms with E-state index in [0.29, 0.717) is 38.3 Å². The number of hydrogen-bond acceptors (Lipinski definition) is 3. The molecule has 5 nitrogen and oxygen atoms in total. The number of nitrogens with one attached hydrogen (secondary N) is 1. The Kier molecular flexibility index (Phi) is 5.39. The van der Waals surface area contributed by atoms with Crippen molar-refractivity contribution in [2.24, 2.45) is 0 Å². The zero-order valence-corrected chi connectivity index (χ0v) is 15.7. The minimum atomic E-state index is -0.571. The van der Waals surface area contributed by atoms with Crippen molar-refractivity contribution in [3.8, 4) is 0 Å². The summed E-state index contributed by atoms with van der Waals surface area (Å²) in [6.07, 6.45) is 0.945. The van der Waals surface area contributed by atoms with E-state index in [0.717, 1.165) is 6.42 Å². The van der Waals surface area contributed by atoms with Crippen LogP contribution >= 0.6 is 0 Å². The molecular weight excluding hydrogens is 357 g/mol. The summed E-state index contributed by atoms with van der Waals surface area (Å²) in [5.41, 5.74) is 2.99. The van der Waals surface area contributed by atoms with Gasteiger partial charge in [0.05, 0.1) is 12.5 Å². The maximum absolute atomic E-state index is 14.1. The fraction of sp³-hybridized carbons (Fsp3) is 0.364. The summed E-state index contributed by atoms with van der Waals surface area (Å²) in [7, 11) is 0. The van der Waals surface area contributed by atoms with Gasteiger partial charge in [-0.3, -0.25) is 14.5 Å². The summed E-state index contributed by atoms with van der Waals surface area (Å²) >= 11 is 0. The van der Waals surface area contributed by atoms with Crippen molar-refractivity contribution in [3.63, 3.8) is 0 Å². The number of carbonyl (C=O) groups excluding carboxylic acids is 2. The van der Waals surface area contributed by atoms with Gasteiger partial charge >= 0.3 is 0 Å². The summed E-state index contributed by atoms with van der Waals surface area (Å²) in [5, 5.41) is 2.84. The third kappa shape index (κ3) is 3.92. The summed E-state index contributed by atoms with van der Waals surface area (Å²) in [5.74, 6) is -0.477. The van der Waals surface area contributed by atoms with Gasteiger partial charge in [0.1, 0.15) is 5.82 Å². The van der Waals surface area contributed by atoms with Crippen LogP contribution in [0.5, 0.6) is 0 Å². The Morgan fingerprint density at radius 1 is 1.07 bits per heavy atom.